The summed E-state index contributed by atoms with van der Waals surface area (Å²) in [6, 6.07) is 5.71. The number of thiophene rings is 1. The van der Waals surface area contributed by atoms with E-state index < -0.39 is 0 Å². The Balaban J connectivity index is 2.15. The van der Waals surface area contributed by atoms with Crippen molar-refractivity contribution in [1.29, 1.82) is 0 Å². The normalized spacial score (nSPS) is 10.5. The van der Waals surface area contributed by atoms with E-state index >= 15 is 0 Å². The highest BCUT2D eigenvalue weighted by atomic mass is 79.9. The zero-order valence-electron chi connectivity index (χ0n) is 10.3. The van der Waals surface area contributed by atoms with Crippen LogP contribution in [0.1, 0.15) is 22.2 Å². The molecule has 0 aliphatic heterocycles. The molecule has 19 heavy (non-hydrogen) atoms. The summed E-state index contributed by atoms with van der Waals surface area (Å²) in [5.74, 6) is 0.0516. The second-order valence-corrected chi connectivity index (χ2v) is 7.13. The summed E-state index contributed by atoms with van der Waals surface area (Å²) in [4.78, 5) is 19.0. The summed E-state index contributed by atoms with van der Waals surface area (Å²) >= 11 is 8.26. The van der Waals surface area contributed by atoms with E-state index in [0.717, 1.165) is 18.7 Å². The van der Waals surface area contributed by atoms with Crippen LogP contribution in [0.2, 0.25) is 0 Å². The molecule has 100 valence electrons. The van der Waals surface area contributed by atoms with Gasteiger partial charge in [-0.25, -0.2) is 0 Å². The van der Waals surface area contributed by atoms with Gasteiger partial charge < -0.3 is 4.90 Å². The lowest BCUT2D eigenvalue weighted by molar-refractivity contribution is 0.0757. The van der Waals surface area contributed by atoms with E-state index in [0.29, 0.717) is 13.1 Å². The first-order chi connectivity index (χ1) is 9.11. The molecule has 0 atom stereocenters. The largest absolute Gasteiger partial charge is 0.334 e. The molecule has 0 bridgehead atoms. The molecule has 2 aromatic heterocycles. The summed E-state index contributed by atoms with van der Waals surface area (Å²) in [5.41, 5.74) is 1.08. The first-order valence-electron chi connectivity index (χ1n) is 5.74. The molecule has 0 radical (unpaired) electrons. The molecule has 1 amide bonds. The number of amides is 1. The van der Waals surface area contributed by atoms with Gasteiger partial charge in [0.25, 0.3) is 5.91 Å². The van der Waals surface area contributed by atoms with E-state index in [-0.39, 0.29) is 5.91 Å². The van der Waals surface area contributed by atoms with Gasteiger partial charge >= 0.3 is 0 Å². The summed E-state index contributed by atoms with van der Waals surface area (Å²) in [6.07, 6.45) is 3.48. The maximum Gasteiger partial charge on any atom is 0.264 e. The highest BCUT2D eigenvalue weighted by Crippen LogP contribution is 2.33. The molecule has 2 rings (SSSR count). The van der Waals surface area contributed by atoms with Crippen LogP contribution in [0.4, 0.5) is 0 Å². The molecule has 0 spiro atoms. The van der Waals surface area contributed by atoms with Gasteiger partial charge in [-0.05, 0) is 62.5 Å². The quantitative estimate of drug-likeness (QED) is 0.760. The van der Waals surface area contributed by atoms with Crippen LogP contribution in [0, 0.1) is 0 Å². The SMILES string of the molecule is CCN(Cc1ccncc1)C(=O)c1cc(Br)c(Br)s1. The van der Waals surface area contributed by atoms with Gasteiger partial charge in [0.05, 0.1) is 8.66 Å². The summed E-state index contributed by atoms with van der Waals surface area (Å²) in [7, 11) is 0. The third-order valence-electron chi connectivity index (χ3n) is 2.65. The molecule has 0 aliphatic rings. The van der Waals surface area contributed by atoms with Gasteiger partial charge in [-0.1, -0.05) is 0 Å². The van der Waals surface area contributed by atoms with Gasteiger partial charge in [0.15, 0.2) is 0 Å². The minimum Gasteiger partial charge on any atom is -0.334 e. The number of nitrogens with zero attached hydrogens (tertiary/aromatic N) is 2. The highest BCUT2D eigenvalue weighted by Gasteiger charge is 2.18. The van der Waals surface area contributed by atoms with Gasteiger partial charge in [-0.15, -0.1) is 11.3 Å². The molecule has 6 heteroatoms. The fourth-order valence-corrected chi connectivity index (χ4v) is 3.65. The Kier molecular flexibility index (Phi) is 5.13. The smallest absolute Gasteiger partial charge is 0.264 e. The molecular weight excluding hydrogens is 392 g/mol. The van der Waals surface area contributed by atoms with Crippen LogP contribution in [-0.2, 0) is 6.54 Å². The van der Waals surface area contributed by atoms with Gasteiger partial charge in [0.1, 0.15) is 0 Å². The minimum absolute atomic E-state index is 0.0516. The molecule has 0 aliphatic carbocycles. The van der Waals surface area contributed by atoms with Crippen LogP contribution in [0.25, 0.3) is 0 Å². The molecule has 2 aromatic rings. The van der Waals surface area contributed by atoms with Crippen molar-refractivity contribution in [2.75, 3.05) is 6.54 Å². The number of carbonyl (C=O) groups excluding carboxylic acids is 1. The van der Waals surface area contributed by atoms with Crippen molar-refractivity contribution in [3.63, 3.8) is 0 Å². The number of hydrogen-bond acceptors (Lipinski definition) is 3. The lowest BCUT2D eigenvalue weighted by Gasteiger charge is -2.20. The maximum atomic E-state index is 12.4. The summed E-state index contributed by atoms with van der Waals surface area (Å²) < 4.78 is 1.86. The number of aromatic nitrogens is 1. The number of halogens is 2. The fraction of sp³-hybridized carbons (Fsp3) is 0.231. The standard InChI is InChI=1S/C13H12Br2N2OS/c1-2-17(8-9-3-5-16-6-4-9)13(18)11-7-10(14)12(15)19-11/h3-7H,2,8H2,1H3. The molecular formula is C13H12Br2N2OS. The van der Waals surface area contributed by atoms with E-state index in [4.69, 9.17) is 0 Å². The van der Waals surface area contributed by atoms with Crippen molar-refractivity contribution in [2.24, 2.45) is 0 Å². The highest BCUT2D eigenvalue weighted by molar-refractivity contribution is 9.13. The average Bonchev–Trinajstić information content (AvgIpc) is 2.76. The number of pyridine rings is 1. The minimum atomic E-state index is 0.0516. The fourth-order valence-electron chi connectivity index (χ4n) is 1.64. The zero-order chi connectivity index (χ0) is 13.8. The predicted octanol–water partition coefficient (Wildman–Crippen LogP) is 4.33. The maximum absolute atomic E-state index is 12.4. The molecule has 0 aromatic carbocycles. The first kappa shape index (κ1) is 14.7. The van der Waals surface area contributed by atoms with E-state index in [1.807, 2.05) is 30.0 Å². The molecule has 0 saturated carbocycles. The summed E-state index contributed by atoms with van der Waals surface area (Å²) in [6.45, 7) is 3.26. The van der Waals surface area contributed by atoms with E-state index in [2.05, 4.69) is 36.8 Å². The third kappa shape index (κ3) is 3.64. The molecule has 2 heterocycles. The number of rotatable bonds is 4. The van der Waals surface area contributed by atoms with Crippen LogP contribution in [0.3, 0.4) is 0 Å². The van der Waals surface area contributed by atoms with Gasteiger partial charge in [0.2, 0.25) is 0 Å². The molecule has 0 unspecified atom stereocenters. The van der Waals surface area contributed by atoms with Crippen LogP contribution < -0.4 is 0 Å². The number of carbonyl (C=O) groups is 1. The topological polar surface area (TPSA) is 33.2 Å². The van der Waals surface area contributed by atoms with Crippen molar-refractivity contribution < 1.29 is 4.79 Å². The Bertz CT molecular complexity index is 552. The zero-order valence-corrected chi connectivity index (χ0v) is 14.3. The van der Waals surface area contributed by atoms with E-state index in [1.54, 1.807) is 12.4 Å². The van der Waals surface area contributed by atoms with Crippen LogP contribution in [0.15, 0.2) is 38.9 Å². The van der Waals surface area contributed by atoms with Crippen molar-refractivity contribution >= 4 is 49.1 Å². The van der Waals surface area contributed by atoms with E-state index in [1.165, 1.54) is 11.3 Å². The van der Waals surface area contributed by atoms with E-state index in [9.17, 15) is 4.79 Å². The Labute approximate surface area is 132 Å². The third-order valence-corrected chi connectivity index (χ3v) is 5.89. The van der Waals surface area contributed by atoms with Crippen molar-refractivity contribution in [1.82, 2.24) is 9.88 Å². The second-order valence-electron chi connectivity index (χ2n) is 3.91. The predicted molar refractivity (Wildman–Crippen MR) is 84.4 cm³/mol. The van der Waals surface area contributed by atoms with Crippen LogP contribution in [-0.4, -0.2) is 22.3 Å². The first-order valence-corrected chi connectivity index (χ1v) is 8.15. The second kappa shape index (κ2) is 6.63. The lowest BCUT2D eigenvalue weighted by atomic mass is 10.2. The summed E-state index contributed by atoms with van der Waals surface area (Å²) in [5, 5.41) is 0. The van der Waals surface area contributed by atoms with Crippen molar-refractivity contribution in [3.05, 3.63) is 49.3 Å². The Hall–Kier alpha value is -0.720. The molecule has 0 N–H and O–H groups in total. The Morgan fingerprint density at radius 2 is 2.05 bits per heavy atom. The van der Waals surface area contributed by atoms with Gasteiger partial charge in [0, 0.05) is 30.0 Å². The lowest BCUT2D eigenvalue weighted by Crippen LogP contribution is -2.29. The van der Waals surface area contributed by atoms with Gasteiger partial charge in [-0.3, -0.25) is 9.78 Å². The monoisotopic (exact) mass is 402 g/mol. The van der Waals surface area contributed by atoms with Crippen molar-refractivity contribution in [2.45, 2.75) is 13.5 Å². The molecule has 3 nitrogen and oxygen atoms in total. The van der Waals surface area contributed by atoms with Gasteiger partial charge in [-0.2, -0.15) is 0 Å². The Morgan fingerprint density at radius 3 is 2.58 bits per heavy atom. The Morgan fingerprint density at radius 1 is 1.37 bits per heavy atom. The average molecular weight is 404 g/mol. The molecule has 0 fully saturated rings. The number of hydrogen-bond donors (Lipinski definition) is 0. The van der Waals surface area contributed by atoms with Crippen LogP contribution >= 0.6 is 43.2 Å². The van der Waals surface area contributed by atoms with Crippen molar-refractivity contribution in [3.8, 4) is 0 Å². The van der Waals surface area contributed by atoms with Crippen LogP contribution in [0.5, 0.6) is 0 Å². The molecule has 0 saturated heterocycles.